The highest BCUT2D eigenvalue weighted by Gasteiger charge is 2.23. The zero-order valence-corrected chi connectivity index (χ0v) is 12.5. The summed E-state index contributed by atoms with van der Waals surface area (Å²) in [5, 5.41) is 3.92. The van der Waals surface area contributed by atoms with Gasteiger partial charge in [-0.2, -0.15) is 0 Å². The summed E-state index contributed by atoms with van der Waals surface area (Å²) in [6.45, 7) is 2.87. The second-order valence-corrected chi connectivity index (χ2v) is 5.55. The second-order valence-electron chi connectivity index (χ2n) is 5.11. The van der Waals surface area contributed by atoms with Crippen LogP contribution in [0.4, 0.5) is 0 Å². The number of rotatable bonds is 5. The summed E-state index contributed by atoms with van der Waals surface area (Å²) in [6.07, 6.45) is 2.05. The third-order valence-electron chi connectivity index (χ3n) is 3.51. The summed E-state index contributed by atoms with van der Waals surface area (Å²) >= 11 is 5.89. The molecule has 2 rings (SSSR count). The van der Waals surface area contributed by atoms with Gasteiger partial charge in [-0.05, 0) is 37.6 Å². The molecular formula is C15H21ClN2O2. The van der Waals surface area contributed by atoms with Gasteiger partial charge in [0, 0.05) is 18.6 Å². The Balaban J connectivity index is 1.74. The van der Waals surface area contributed by atoms with Crippen LogP contribution in [-0.4, -0.2) is 44.1 Å². The Morgan fingerprint density at radius 3 is 3.10 bits per heavy atom. The molecule has 1 aliphatic rings. The summed E-state index contributed by atoms with van der Waals surface area (Å²) in [4.78, 5) is 14.0. The minimum absolute atomic E-state index is 0.111. The van der Waals surface area contributed by atoms with Gasteiger partial charge in [-0.1, -0.05) is 17.7 Å². The van der Waals surface area contributed by atoms with E-state index >= 15 is 0 Å². The monoisotopic (exact) mass is 296 g/mol. The molecule has 1 amide bonds. The lowest BCUT2D eigenvalue weighted by Gasteiger charge is -2.27. The summed E-state index contributed by atoms with van der Waals surface area (Å²) in [5.74, 6) is 1.05. The molecule has 0 aromatic heterocycles. The minimum Gasteiger partial charge on any atom is -0.492 e. The lowest BCUT2D eigenvalue weighted by atomic mass is 9.98. The normalized spacial score (nSPS) is 18.6. The molecule has 0 aliphatic carbocycles. The Morgan fingerprint density at radius 2 is 2.40 bits per heavy atom. The molecule has 0 unspecified atom stereocenters. The van der Waals surface area contributed by atoms with E-state index in [0.717, 1.165) is 31.7 Å². The zero-order valence-electron chi connectivity index (χ0n) is 11.8. The average Bonchev–Trinajstić information content (AvgIpc) is 2.47. The van der Waals surface area contributed by atoms with E-state index < -0.39 is 0 Å². The third-order valence-corrected chi connectivity index (χ3v) is 3.75. The molecule has 0 saturated carbocycles. The lowest BCUT2D eigenvalue weighted by Crippen LogP contribution is -2.42. The fourth-order valence-electron chi connectivity index (χ4n) is 2.34. The number of nitrogens with zero attached hydrogens (tertiary/aromatic N) is 1. The number of carbonyl (C=O) groups excluding carboxylic acids is 1. The van der Waals surface area contributed by atoms with E-state index in [9.17, 15) is 4.79 Å². The summed E-state index contributed by atoms with van der Waals surface area (Å²) in [5.41, 5.74) is 0. The molecule has 4 nitrogen and oxygen atoms in total. The Hall–Kier alpha value is -1.26. The molecule has 1 saturated heterocycles. The molecular weight excluding hydrogens is 276 g/mol. The van der Waals surface area contributed by atoms with E-state index in [-0.39, 0.29) is 11.8 Å². The van der Waals surface area contributed by atoms with Crippen LogP contribution in [-0.2, 0) is 4.79 Å². The molecule has 0 spiro atoms. The predicted octanol–water partition coefficient (Wildman–Crippen LogP) is 2.18. The fraction of sp³-hybridized carbons (Fsp3) is 0.533. The van der Waals surface area contributed by atoms with Gasteiger partial charge in [0.1, 0.15) is 12.4 Å². The summed E-state index contributed by atoms with van der Waals surface area (Å²) < 4.78 is 5.60. The van der Waals surface area contributed by atoms with Gasteiger partial charge in [-0.3, -0.25) is 4.79 Å². The maximum absolute atomic E-state index is 12.2. The standard InChI is InChI=1S/C15H21ClN2O2/c1-18(15(19)12-4-3-7-17-11-12)8-9-20-14-6-2-5-13(16)10-14/h2,5-6,10,12,17H,3-4,7-9,11H2,1H3/t12-/m0/s1. The van der Waals surface area contributed by atoms with E-state index in [2.05, 4.69) is 5.32 Å². The Labute approximate surface area is 125 Å². The quantitative estimate of drug-likeness (QED) is 0.905. The van der Waals surface area contributed by atoms with Crippen LogP contribution in [0.2, 0.25) is 5.02 Å². The van der Waals surface area contributed by atoms with E-state index in [1.165, 1.54) is 0 Å². The topological polar surface area (TPSA) is 41.6 Å². The van der Waals surface area contributed by atoms with Crippen LogP contribution < -0.4 is 10.1 Å². The van der Waals surface area contributed by atoms with Crippen molar-refractivity contribution in [3.8, 4) is 5.75 Å². The predicted molar refractivity (Wildman–Crippen MR) is 80.2 cm³/mol. The van der Waals surface area contributed by atoms with Gasteiger partial charge in [0.25, 0.3) is 0 Å². The first-order valence-electron chi connectivity index (χ1n) is 7.01. The van der Waals surface area contributed by atoms with Crippen molar-refractivity contribution < 1.29 is 9.53 Å². The van der Waals surface area contributed by atoms with Gasteiger partial charge in [0.15, 0.2) is 0 Å². The zero-order chi connectivity index (χ0) is 14.4. The highest BCUT2D eigenvalue weighted by atomic mass is 35.5. The van der Waals surface area contributed by atoms with Gasteiger partial charge in [0.2, 0.25) is 5.91 Å². The largest absolute Gasteiger partial charge is 0.492 e. The minimum atomic E-state index is 0.111. The van der Waals surface area contributed by atoms with Crippen molar-refractivity contribution in [1.82, 2.24) is 10.2 Å². The molecule has 1 aromatic carbocycles. The van der Waals surface area contributed by atoms with Crippen LogP contribution in [0.15, 0.2) is 24.3 Å². The Morgan fingerprint density at radius 1 is 1.55 bits per heavy atom. The van der Waals surface area contributed by atoms with Crippen molar-refractivity contribution >= 4 is 17.5 Å². The molecule has 110 valence electrons. The van der Waals surface area contributed by atoms with Gasteiger partial charge in [0.05, 0.1) is 12.5 Å². The number of hydrogen-bond acceptors (Lipinski definition) is 3. The molecule has 1 N–H and O–H groups in total. The molecule has 0 radical (unpaired) electrons. The number of hydrogen-bond donors (Lipinski definition) is 1. The highest BCUT2D eigenvalue weighted by molar-refractivity contribution is 6.30. The van der Waals surface area contributed by atoms with Gasteiger partial charge >= 0.3 is 0 Å². The molecule has 1 atom stereocenters. The molecule has 20 heavy (non-hydrogen) atoms. The van der Waals surface area contributed by atoms with Crippen LogP contribution in [0.1, 0.15) is 12.8 Å². The summed E-state index contributed by atoms with van der Waals surface area (Å²) in [7, 11) is 1.83. The highest BCUT2D eigenvalue weighted by Crippen LogP contribution is 2.17. The Bertz CT molecular complexity index is 447. The molecule has 5 heteroatoms. The number of ether oxygens (including phenoxy) is 1. The van der Waals surface area contributed by atoms with Gasteiger partial charge in [-0.15, -0.1) is 0 Å². The first-order chi connectivity index (χ1) is 9.66. The second kappa shape index (κ2) is 7.50. The number of piperidine rings is 1. The average molecular weight is 297 g/mol. The first kappa shape index (κ1) is 15.1. The van der Waals surface area contributed by atoms with Crippen LogP contribution >= 0.6 is 11.6 Å². The number of amides is 1. The molecule has 1 heterocycles. The number of nitrogens with one attached hydrogen (secondary N) is 1. The lowest BCUT2D eigenvalue weighted by molar-refractivity contribution is -0.135. The van der Waals surface area contributed by atoms with E-state index in [1.807, 2.05) is 19.2 Å². The van der Waals surface area contributed by atoms with Crippen molar-refractivity contribution in [2.75, 3.05) is 33.3 Å². The third kappa shape index (κ3) is 4.39. The summed E-state index contributed by atoms with van der Waals surface area (Å²) in [6, 6.07) is 7.29. The van der Waals surface area contributed by atoms with E-state index in [1.54, 1.807) is 17.0 Å². The Kier molecular flexibility index (Phi) is 5.68. The van der Waals surface area contributed by atoms with Gasteiger partial charge in [-0.25, -0.2) is 0 Å². The molecule has 0 bridgehead atoms. The van der Waals surface area contributed by atoms with Crippen LogP contribution in [0.25, 0.3) is 0 Å². The smallest absolute Gasteiger partial charge is 0.226 e. The van der Waals surface area contributed by atoms with Crippen LogP contribution in [0.3, 0.4) is 0 Å². The maximum Gasteiger partial charge on any atom is 0.226 e. The van der Waals surface area contributed by atoms with Crippen molar-refractivity contribution in [3.63, 3.8) is 0 Å². The maximum atomic E-state index is 12.2. The van der Waals surface area contributed by atoms with Gasteiger partial charge < -0.3 is 15.0 Å². The van der Waals surface area contributed by atoms with Crippen molar-refractivity contribution in [1.29, 1.82) is 0 Å². The SMILES string of the molecule is CN(CCOc1cccc(Cl)c1)C(=O)[C@H]1CCCNC1. The fourth-order valence-corrected chi connectivity index (χ4v) is 2.52. The van der Waals surface area contributed by atoms with E-state index in [0.29, 0.717) is 18.2 Å². The van der Waals surface area contributed by atoms with Crippen molar-refractivity contribution in [3.05, 3.63) is 29.3 Å². The van der Waals surface area contributed by atoms with Crippen molar-refractivity contribution in [2.45, 2.75) is 12.8 Å². The van der Waals surface area contributed by atoms with Crippen LogP contribution in [0, 0.1) is 5.92 Å². The number of benzene rings is 1. The van der Waals surface area contributed by atoms with E-state index in [4.69, 9.17) is 16.3 Å². The number of carbonyl (C=O) groups is 1. The van der Waals surface area contributed by atoms with Crippen LogP contribution in [0.5, 0.6) is 5.75 Å². The molecule has 1 aliphatic heterocycles. The molecule has 1 aromatic rings. The number of likely N-dealkylation sites (N-methyl/N-ethyl adjacent to an activating group) is 1. The molecule has 1 fully saturated rings. The number of halogens is 1. The van der Waals surface area contributed by atoms with Crippen molar-refractivity contribution in [2.24, 2.45) is 5.92 Å². The first-order valence-corrected chi connectivity index (χ1v) is 7.38.